The Balaban J connectivity index is 1.78. The SMILES string of the molecule is COc1ccc(C(=O)Nc2ccc(C)c(C)c2)cc1COc1ccccc1OC. The van der Waals surface area contributed by atoms with Gasteiger partial charge in [-0.25, -0.2) is 0 Å². The molecule has 3 rings (SSSR count). The number of nitrogens with one attached hydrogen (secondary N) is 1. The zero-order valence-corrected chi connectivity index (χ0v) is 17.1. The smallest absolute Gasteiger partial charge is 0.255 e. The third-order valence-electron chi connectivity index (χ3n) is 4.76. The molecule has 0 bridgehead atoms. The molecule has 150 valence electrons. The van der Waals surface area contributed by atoms with Crippen LogP contribution in [0, 0.1) is 13.8 Å². The van der Waals surface area contributed by atoms with E-state index < -0.39 is 0 Å². The van der Waals surface area contributed by atoms with E-state index in [4.69, 9.17) is 14.2 Å². The van der Waals surface area contributed by atoms with Gasteiger partial charge in [0.2, 0.25) is 0 Å². The highest BCUT2D eigenvalue weighted by Gasteiger charge is 2.13. The molecule has 1 N–H and O–H groups in total. The molecule has 3 aromatic rings. The number of hydrogen-bond acceptors (Lipinski definition) is 4. The minimum absolute atomic E-state index is 0.186. The summed E-state index contributed by atoms with van der Waals surface area (Å²) in [5, 5.41) is 2.94. The number of hydrogen-bond donors (Lipinski definition) is 1. The summed E-state index contributed by atoms with van der Waals surface area (Å²) in [6.07, 6.45) is 0. The number of para-hydroxylation sites is 2. The average molecular weight is 391 g/mol. The zero-order valence-electron chi connectivity index (χ0n) is 17.1. The molecule has 0 aromatic heterocycles. The first kappa shape index (κ1) is 20.3. The summed E-state index contributed by atoms with van der Waals surface area (Å²) in [7, 11) is 3.19. The highest BCUT2D eigenvalue weighted by atomic mass is 16.5. The van der Waals surface area contributed by atoms with Crippen molar-refractivity contribution in [2.75, 3.05) is 19.5 Å². The Morgan fingerprint density at radius 1 is 0.828 bits per heavy atom. The molecule has 5 nitrogen and oxygen atoms in total. The second-order valence-corrected chi connectivity index (χ2v) is 6.72. The van der Waals surface area contributed by atoms with E-state index in [1.165, 1.54) is 5.56 Å². The van der Waals surface area contributed by atoms with Crippen molar-refractivity contribution >= 4 is 11.6 Å². The van der Waals surface area contributed by atoms with Gasteiger partial charge in [0.25, 0.3) is 5.91 Å². The number of anilines is 1. The first-order chi connectivity index (χ1) is 14.0. The van der Waals surface area contributed by atoms with Crippen molar-refractivity contribution < 1.29 is 19.0 Å². The second-order valence-electron chi connectivity index (χ2n) is 6.72. The molecule has 0 aliphatic rings. The lowest BCUT2D eigenvalue weighted by molar-refractivity contribution is 0.102. The molecule has 0 saturated heterocycles. The van der Waals surface area contributed by atoms with Crippen LogP contribution in [0.15, 0.2) is 60.7 Å². The van der Waals surface area contributed by atoms with Gasteiger partial charge in [0.05, 0.1) is 14.2 Å². The average Bonchev–Trinajstić information content (AvgIpc) is 2.74. The molecule has 5 heteroatoms. The van der Waals surface area contributed by atoms with Gasteiger partial charge in [0.15, 0.2) is 11.5 Å². The van der Waals surface area contributed by atoms with Gasteiger partial charge in [0.1, 0.15) is 12.4 Å². The highest BCUT2D eigenvalue weighted by molar-refractivity contribution is 6.04. The van der Waals surface area contributed by atoms with Crippen LogP contribution in [0.25, 0.3) is 0 Å². The van der Waals surface area contributed by atoms with Crippen molar-refractivity contribution in [2.24, 2.45) is 0 Å². The number of benzene rings is 3. The van der Waals surface area contributed by atoms with Gasteiger partial charge in [0, 0.05) is 16.8 Å². The lowest BCUT2D eigenvalue weighted by Gasteiger charge is -2.14. The Hall–Kier alpha value is -3.47. The summed E-state index contributed by atoms with van der Waals surface area (Å²) in [6.45, 7) is 4.30. The summed E-state index contributed by atoms with van der Waals surface area (Å²) >= 11 is 0. The van der Waals surface area contributed by atoms with Crippen LogP contribution >= 0.6 is 0 Å². The Morgan fingerprint density at radius 2 is 1.55 bits per heavy atom. The summed E-state index contributed by atoms with van der Waals surface area (Å²) in [4.78, 5) is 12.7. The number of rotatable bonds is 7. The molecule has 3 aromatic carbocycles. The van der Waals surface area contributed by atoms with Gasteiger partial charge < -0.3 is 19.5 Å². The first-order valence-corrected chi connectivity index (χ1v) is 9.33. The van der Waals surface area contributed by atoms with Gasteiger partial charge in [-0.15, -0.1) is 0 Å². The number of ether oxygens (including phenoxy) is 3. The van der Waals surface area contributed by atoms with Crippen LogP contribution in [0.1, 0.15) is 27.0 Å². The van der Waals surface area contributed by atoms with Crippen LogP contribution in [0.3, 0.4) is 0 Å². The van der Waals surface area contributed by atoms with Gasteiger partial charge in [-0.3, -0.25) is 4.79 Å². The van der Waals surface area contributed by atoms with Crippen molar-refractivity contribution in [3.05, 3.63) is 82.9 Å². The topological polar surface area (TPSA) is 56.8 Å². The van der Waals surface area contributed by atoms with Crippen molar-refractivity contribution in [3.8, 4) is 17.2 Å². The molecule has 0 radical (unpaired) electrons. The lowest BCUT2D eigenvalue weighted by Crippen LogP contribution is -2.13. The van der Waals surface area contributed by atoms with Crippen molar-refractivity contribution in [3.63, 3.8) is 0 Å². The molecule has 0 spiro atoms. The van der Waals surface area contributed by atoms with E-state index in [0.29, 0.717) is 22.8 Å². The van der Waals surface area contributed by atoms with E-state index in [1.807, 2.05) is 56.3 Å². The lowest BCUT2D eigenvalue weighted by atomic mass is 10.1. The monoisotopic (exact) mass is 391 g/mol. The summed E-state index contributed by atoms with van der Waals surface area (Å²) in [5.41, 5.74) is 4.38. The molecule has 0 aliphatic carbocycles. The maximum atomic E-state index is 12.7. The van der Waals surface area contributed by atoms with E-state index >= 15 is 0 Å². The van der Waals surface area contributed by atoms with Crippen LogP contribution in [0.2, 0.25) is 0 Å². The van der Waals surface area contributed by atoms with Gasteiger partial charge in [-0.2, -0.15) is 0 Å². The summed E-state index contributed by atoms with van der Waals surface area (Å²) in [5.74, 6) is 1.74. The number of aryl methyl sites for hydroxylation is 2. The molecule has 0 heterocycles. The van der Waals surface area contributed by atoms with Crippen LogP contribution in [0.4, 0.5) is 5.69 Å². The summed E-state index contributed by atoms with van der Waals surface area (Å²) in [6, 6.07) is 18.6. The molecule has 1 amide bonds. The van der Waals surface area contributed by atoms with Crippen LogP contribution in [-0.2, 0) is 6.61 Å². The third kappa shape index (κ3) is 4.88. The largest absolute Gasteiger partial charge is 0.496 e. The van der Waals surface area contributed by atoms with E-state index in [-0.39, 0.29) is 12.5 Å². The maximum absolute atomic E-state index is 12.7. The third-order valence-corrected chi connectivity index (χ3v) is 4.76. The molecular formula is C24H25NO4. The number of amides is 1. The highest BCUT2D eigenvalue weighted by Crippen LogP contribution is 2.29. The predicted octanol–water partition coefficient (Wildman–Crippen LogP) is 5.15. The Kier molecular flexibility index (Phi) is 6.39. The molecule has 29 heavy (non-hydrogen) atoms. The quantitative estimate of drug-likeness (QED) is 0.605. The number of carbonyl (C=O) groups excluding carboxylic acids is 1. The van der Waals surface area contributed by atoms with Crippen LogP contribution in [0.5, 0.6) is 17.2 Å². The van der Waals surface area contributed by atoms with Crippen molar-refractivity contribution in [2.45, 2.75) is 20.5 Å². The van der Waals surface area contributed by atoms with E-state index in [0.717, 1.165) is 16.8 Å². The minimum atomic E-state index is -0.186. The molecule has 0 aliphatic heterocycles. The number of carbonyl (C=O) groups is 1. The minimum Gasteiger partial charge on any atom is -0.496 e. The van der Waals surface area contributed by atoms with Crippen LogP contribution < -0.4 is 19.5 Å². The Labute approximate surface area is 171 Å². The van der Waals surface area contributed by atoms with Crippen LogP contribution in [-0.4, -0.2) is 20.1 Å². The van der Waals surface area contributed by atoms with Gasteiger partial charge in [-0.1, -0.05) is 18.2 Å². The molecule has 0 saturated carbocycles. The van der Waals surface area contributed by atoms with E-state index in [2.05, 4.69) is 5.32 Å². The van der Waals surface area contributed by atoms with E-state index in [9.17, 15) is 4.79 Å². The Morgan fingerprint density at radius 3 is 2.24 bits per heavy atom. The standard InChI is InChI=1S/C24H25NO4/c1-16-9-11-20(13-17(16)2)25-24(26)18-10-12-21(27-3)19(14-18)15-29-23-8-6-5-7-22(23)28-4/h5-14H,15H2,1-4H3,(H,25,26). The predicted molar refractivity (Wildman–Crippen MR) is 114 cm³/mol. The Bertz CT molecular complexity index is 1010. The zero-order chi connectivity index (χ0) is 20.8. The summed E-state index contributed by atoms with van der Waals surface area (Å²) < 4.78 is 16.6. The van der Waals surface area contributed by atoms with E-state index in [1.54, 1.807) is 32.4 Å². The molecule has 0 atom stereocenters. The molecule has 0 fully saturated rings. The van der Waals surface area contributed by atoms with Crippen molar-refractivity contribution in [1.82, 2.24) is 0 Å². The maximum Gasteiger partial charge on any atom is 0.255 e. The second kappa shape index (κ2) is 9.15. The normalized spacial score (nSPS) is 10.3. The van der Waals surface area contributed by atoms with Gasteiger partial charge >= 0.3 is 0 Å². The first-order valence-electron chi connectivity index (χ1n) is 9.33. The molecular weight excluding hydrogens is 366 g/mol. The van der Waals surface area contributed by atoms with Crippen molar-refractivity contribution in [1.29, 1.82) is 0 Å². The fourth-order valence-electron chi connectivity index (χ4n) is 2.95. The number of methoxy groups -OCH3 is 2. The molecule has 0 unspecified atom stereocenters. The van der Waals surface area contributed by atoms with Gasteiger partial charge in [-0.05, 0) is 67.4 Å². The fraction of sp³-hybridized carbons (Fsp3) is 0.208. The fourth-order valence-corrected chi connectivity index (χ4v) is 2.95.